The average molecular weight is 356 g/mol. The average Bonchev–Trinajstić information content (AvgIpc) is 3.16. The van der Waals surface area contributed by atoms with Crippen LogP contribution in [0.1, 0.15) is 0 Å². The van der Waals surface area contributed by atoms with Crippen molar-refractivity contribution in [3.63, 3.8) is 0 Å². The van der Waals surface area contributed by atoms with Crippen molar-refractivity contribution in [2.75, 3.05) is 34.2 Å². The first kappa shape index (κ1) is 17.4. The highest BCUT2D eigenvalue weighted by Gasteiger charge is 2.16. The van der Waals surface area contributed by atoms with E-state index in [0.29, 0.717) is 34.4 Å². The van der Waals surface area contributed by atoms with Gasteiger partial charge in [-0.25, -0.2) is 4.68 Å². The van der Waals surface area contributed by atoms with E-state index < -0.39 is 0 Å². The first-order valence-corrected chi connectivity index (χ1v) is 7.77. The Balaban J connectivity index is 2.01. The lowest BCUT2D eigenvalue weighted by Crippen LogP contribution is -1.98. The molecular weight excluding hydrogens is 336 g/mol. The third kappa shape index (κ3) is 3.08. The van der Waals surface area contributed by atoms with Crippen molar-refractivity contribution in [3.8, 4) is 39.9 Å². The molecule has 3 rings (SSSR count). The largest absolute Gasteiger partial charge is 0.495 e. The van der Waals surface area contributed by atoms with Gasteiger partial charge in [0.2, 0.25) is 5.75 Å². The normalized spacial score (nSPS) is 10.5. The number of rotatable bonds is 6. The maximum atomic E-state index is 5.96. The molecule has 0 atom stereocenters. The van der Waals surface area contributed by atoms with Crippen LogP contribution in [0, 0.1) is 0 Å². The van der Waals surface area contributed by atoms with Crippen LogP contribution in [0.5, 0.6) is 23.0 Å². The molecule has 0 amide bonds. The van der Waals surface area contributed by atoms with Gasteiger partial charge in [0.05, 0.1) is 46.0 Å². The Morgan fingerprint density at radius 3 is 2.04 bits per heavy atom. The Morgan fingerprint density at radius 2 is 1.50 bits per heavy atom. The summed E-state index contributed by atoms with van der Waals surface area (Å²) >= 11 is 0. The van der Waals surface area contributed by atoms with E-state index in [-0.39, 0.29) is 0 Å². The second-order valence-corrected chi connectivity index (χ2v) is 5.39. The van der Waals surface area contributed by atoms with E-state index in [1.165, 1.54) is 0 Å². The summed E-state index contributed by atoms with van der Waals surface area (Å²) in [5.41, 5.74) is 8.69. The molecule has 136 valence electrons. The number of methoxy groups -OCH3 is 4. The van der Waals surface area contributed by atoms with Crippen LogP contribution in [-0.2, 0) is 0 Å². The summed E-state index contributed by atoms with van der Waals surface area (Å²) in [7, 11) is 6.27. The fraction of sp³-hybridized carbons (Fsp3) is 0.222. The van der Waals surface area contributed by atoms with Crippen molar-refractivity contribution in [2.45, 2.75) is 0 Å². The van der Waals surface area contributed by atoms with Gasteiger partial charge in [0.25, 0.3) is 0 Å². The van der Waals surface area contributed by atoms with E-state index in [1.54, 1.807) is 51.5 Å². The summed E-state index contributed by atoms with van der Waals surface area (Å²) < 4.78 is 22.9. The lowest BCUT2D eigenvalue weighted by Gasteiger charge is -2.13. The molecule has 0 bridgehead atoms. The van der Waals surface area contributed by atoms with Crippen molar-refractivity contribution in [2.24, 2.45) is 0 Å². The third-order valence-corrected chi connectivity index (χ3v) is 3.93. The van der Waals surface area contributed by atoms with Gasteiger partial charge in [-0.3, -0.25) is 0 Å². The highest BCUT2D eigenvalue weighted by atomic mass is 16.5. The number of nitrogen functional groups attached to an aromatic ring is 1. The molecule has 8 nitrogen and oxygen atoms in total. The van der Waals surface area contributed by atoms with Crippen LogP contribution in [-0.4, -0.2) is 43.4 Å². The number of aromatic nitrogens is 3. The monoisotopic (exact) mass is 356 g/mol. The number of nitrogens with zero attached hydrogens (tertiary/aromatic N) is 3. The molecule has 0 aliphatic rings. The summed E-state index contributed by atoms with van der Waals surface area (Å²) in [4.78, 5) is 0. The first-order chi connectivity index (χ1) is 12.6. The van der Waals surface area contributed by atoms with Crippen LogP contribution in [0.2, 0.25) is 0 Å². The van der Waals surface area contributed by atoms with Gasteiger partial charge in [-0.15, -0.1) is 5.10 Å². The SMILES string of the molecule is COc1ccc(-n2cc(-c3cc(OC)c(OC)c(OC)c3)nn2)cc1N. The van der Waals surface area contributed by atoms with Crippen LogP contribution in [0.4, 0.5) is 5.69 Å². The number of hydrogen-bond donors (Lipinski definition) is 1. The molecule has 1 aromatic heterocycles. The molecule has 0 fully saturated rings. The smallest absolute Gasteiger partial charge is 0.203 e. The second-order valence-electron chi connectivity index (χ2n) is 5.39. The zero-order valence-corrected chi connectivity index (χ0v) is 15.0. The maximum Gasteiger partial charge on any atom is 0.203 e. The molecule has 2 N–H and O–H groups in total. The number of ether oxygens (including phenoxy) is 4. The Hall–Kier alpha value is -3.42. The van der Waals surface area contributed by atoms with Gasteiger partial charge in [-0.2, -0.15) is 0 Å². The Labute approximate surface area is 151 Å². The first-order valence-electron chi connectivity index (χ1n) is 7.77. The van der Waals surface area contributed by atoms with E-state index >= 15 is 0 Å². The van der Waals surface area contributed by atoms with Crippen molar-refractivity contribution in [1.29, 1.82) is 0 Å². The minimum Gasteiger partial charge on any atom is -0.495 e. The predicted octanol–water partition coefficient (Wildman–Crippen LogP) is 2.55. The van der Waals surface area contributed by atoms with Gasteiger partial charge >= 0.3 is 0 Å². The van der Waals surface area contributed by atoms with Crippen LogP contribution in [0.3, 0.4) is 0 Å². The highest BCUT2D eigenvalue weighted by Crippen LogP contribution is 2.40. The predicted molar refractivity (Wildman–Crippen MR) is 97.4 cm³/mol. The minimum absolute atomic E-state index is 0.522. The van der Waals surface area contributed by atoms with Crippen molar-refractivity contribution >= 4 is 5.69 Å². The second kappa shape index (κ2) is 7.22. The topological polar surface area (TPSA) is 93.7 Å². The molecule has 0 unspecified atom stereocenters. The molecule has 8 heteroatoms. The third-order valence-electron chi connectivity index (χ3n) is 3.93. The van der Waals surface area contributed by atoms with E-state index in [2.05, 4.69) is 10.3 Å². The Kier molecular flexibility index (Phi) is 4.83. The lowest BCUT2D eigenvalue weighted by molar-refractivity contribution is 0.324. The summed E-state index contributed by atoms with van der Waals surface area (Å²) in [5.74, 6) is 2.22. The van der Waals surface area contributed by atoms with Gasteiger partial charge < -0.3 is 24.7 Å². The van der Waals surface area contributed by atoms with Crippen LogP contribution >= 0.6 is 0 Å². The molecule has 2 aromatic carbocycles. The van der Waals surface area contributed by atoms with E-state index in [0.717, 1.165) is 11.3 Å². The Morgan fingerprint density at radius 1 is 0.846 bits per heavy atom. The lowest BCUT2D eigenvalue weighted by atomic mass is 10.1. The van der Waals surface area contributed by atoms with Gasteiger partial charge in [0, 0.05) is 5.56 Å². The standard InChI is InChI=1S/C18H20N4O4/c1-23-15-6-5-12(9-13(15)19)22-10-14(20-21-22)11-7-16(24-2)18(26-4)17(8-11)25-3/h5-10H,19H2,1-4H3. The molecule has 0 radical (unpaired) electrons. The molecule has 0 saturated carbocycles. The van der Waals surface area contributed by atoms with Gasteiger partial charge in [-0.05, 0) is 30.3 Å². The number of anilines is 1. The molecule has 0 saturated heterocycles. The summed E-state index contributed by atoms with van der Waals surface area (Å²) in [6.45, 7) is 0. The highest BCUT2D eigenvalue weighted by molar-refractivity contribution is 5.68. The summed E-state index contributed by atoms with van der Waals surface area (Å²) in [5, 5.41) is 8.40. The molecule has 0 aliphatic carbocycles. The van der Waals surface area contributed by atoms with Crippen molar-refractivity contribution in [1.82, 2.24) is 15.0 Å². The van der Waals surface area contributed by atoms with Crippen LogP contribution in [0.25, 0.3) is 16.9 Å². The molecule has 1 heterocycles. The molecular formula is C18H20N4O4. The van der Waals surface area contributed by atoms with Gasteiger partial charge in [0.1, 0.15) is 11.4 Å². The fourth-order valence-electron chi connectivity index (χ4n) is 2.62. The Bertz CT molecular complexity index is 898. The van der Waals surface area contributed by atoms with Gasteiger partial charge in [0.15, 0.2) is 11.5 Å². The number of benzene rings is 2. The van der Waals surface area contributed by atoms with Crippen LogP contribution in [0.15, 0.2) is 36.5 Å². The van der Waals surface area contributed by atoms with Gasteiger partial charge in [-0.1, -0.05) is 5.21 Å². The van der Waals surface area contributed by atoms with Crippen LogP contribution < -0.4 is 24.7 Å². The maximum absolute atomic E-state index is 5.96. The fourth-order valence-corrected chi connectivity index (χ4v) is 2.62. The molecule has 26 heavy (non-hydrogen) atoms. The van der Waals surface area contributed by atoms with E-state index in [9.17, 15) is 0 Å². The summed E-state index contributed by atoms with van der Waals surface area (Å²) in [6, 6.07) is 9.04. The quantitative estimate of drug-likeness (QED) is 0.678. The molecule has 3 aromatic rings. The van der Waals surface area contributed by atoms with E-state index in [1.807, 2.05) is 18.2 Å². The van der Waals surface area contributed by atoms with Crippen molar-refractivity contribution < 1.29 is 18.9 Å². The molecule has 0 spiro atoms. The minimum atomic E-state index is 0.522. The molecule has 0 aliphatic heterocycles. The summed E-state index contributed by atoms with van der Waals surface area (Å²) in [6.07, 6.45) is 1.79. The number of nitrogens with two attached hydrogens (primary N) is 1. The number of hydrogen-bond acceptors (Lipinski definition) is 7. The zero-order valence-electron chi connectivity index (χ0n) is 15.0. The zero-order chi connectivity index (χ0) is 18.7. The van der Waals surface area contributed by atoms with E-state index in [4.69, 9.17) is 24.7 Å². The van der Waals surface area contributed by atoms with Crippen molar-refractivity contribution in [3.05, 3.63) is 36.5 Å².